The van der Waals surface area contributed by atoms with Gasteiger partial charge in [0.15, 0.2) is 0 Å². The van der Waals surface area contributed by atoms with Crippen LogP contribution < -0.4 is 5.32 Å². The van der Waals surface area contributed by atoms with Crippen molar-refractivity contribution in [2.75, 3.05) is 6.61 Å². The predicted molar refractivity (Wildman–Crippen MR) is 71.3 cm³/mol. The Hall–Kier alpha value is -1.06. The molecule has 0 spiro atoms. The summed E-state index contributed by atoms with van der Waals surface area (Å²) in [6, 6.07) is 9.48. The van der Waals surface area contributed by atoms with Crippen LogP contribution in [0.1, 0.15) is 32.4 Å². The van der Waals surface area contributed by atoms with E-state index in [-0.39, 0.29) is 30.5 Å². The smallest absolute Gasteiger partial charge is 0.327 e. The zero-order valence-electron chi connectivity index (χ0n) is 10.5. The van der Waals surface area contributed by atoms with Gasteiger partial charge >= 0.3 is 5.97 Å². The molecule has 0 saturated heterocycles. The largest absolute Gasteiger partial charge is 0.465 e. The van der Waals surface area contributed by atoms with Crippen LogP contribution in [-0.4, -0.2) is 18.6 Å². The Kier molecular flexibility index (Phi) is 7.59. The van der Waals surface area contributed by atoms with Gasteiger partial charge in [0.25, 0.3) is 0 Å². The highest BCUT2D eigenvalue weighted by Crippen LogP contribution is 2.15. The van der Waals surface area contributed by atoms with E-state index >= 15 is 0 Å². The minimum atomic E-state index is -0.374. The summed E-state index contributed by atoms with van der Waals surface area (Å²) < 4.78 is 5.06. The van der Waals surface area contributed by atoms with Crippen molar-refractivity contribution >= 4 is 18.4 Å². The molecule has 0 aliphatic heterocycles. The molecule has 0 aromatic heterocycles. The van der Waals surface area contributed by atoms with Crippen molar-refractivity contribution in [3.63, 3.8) is 0 Å². The minimum absolute atomic E-state index is 0. The van der Waals surface area contributed by atoms with Crippen molar-refractivity contribution in [2.45, 2.75) is 32.9 Å². The second-order valence-electron chi connectivity index (χ2n) is 3.92. The molecule has 1 aromatic carbocycles. The monoisotopic (exact) mass is 257 g/mol. The van der Waals surface area contributed by atoms with Gasteiger partial charge in [0.05, 0.1) is 6.61 Å². The highest BCUT2D eigenvalue weighted by Gasteiger charge is 2.21. The molecular formula is C13H20ClNO2. The summed E-state index contributed by atoms with van der Waals surface area (Å²) in [7, 11) is 0. The number of hydrogen-bond acceptors (Lipinski definition) is 3. The van der Waals surface area contributed by atoms with Gasteiger partial charge in [-0.05, 0) is 26.3 Å². The predicted octanol–water partition coefficient (Wildman–Crippen LogP) is 2.71. The summed E-state index contributed by atoms with van der Waals surface area (Å²) in [4.78, 5) is 11.8. The van der Waals surface area contributed by atoms with Gasteiger partial charge in [0.1, 0.15) is 6.04 Å². The topological polar surface area (TPSA) is 38.3 Å². The van der Waals surface area contributed by atoms with Crippen LogP contribution in [0.2, 0.25) is 0 Å². The second-order valence-corrected chi connectivity index (χ2v) is 3.92. The first-order valence-electron chi connectivity index (χ1n) is 5.62. The molecule has 0 bridgehead atoms. The molecular weight excluding hydrogens is 238 g/mol. The molecule has 96 valence electrons. The summed E-state index contributed by atoms with van der Waals surface area (Å²) in [5, 5.41) is 3.21. The molecule has 3 nitrogen and oxygen atoms in total. The maximum atomic E-state index is 11.8. The molecule has 0 saturated carbocycles. The zero-order valence-corrected chi connectivity index (χ0v) is 11.3. The van der Waals surface area contributed by atoms with Crippen LogP contribution in [0.15, 0.2) is 30.3 Å². The molecule has 0 aliphatic rings. The van der Waals surface area contributed by atoms with E-state index in [2.05, 4.69) is 5.32 Å². The standard InChI is InChI=1S/C13H19NO2.ClH/c1-4-16-13(15)12(14-10(2)3)11-8-6-5-7-9-11;/h5-10,12,14H,4H2,1-3H3;1H. The lowest BCUT2D eigenvalue weighted by molar-refractivity contribution is -0.146. The molecule has 17 heavy (non-hydrogen) atoms. The first kappa shape index (κ1) is 15.9. The number of ether oxygens (including phenoxy) is 1. The zero-order chi connectivity index (χ0) is 12.0. The highest BCUT2D eigenvalue weighted by molar-refractivity contribution is 5.85. The van der Waals surface area contributed by atoms with E-state index in [0.717, 1.165) is 5.56 Å². The molecule has 1 atom stereocenters. The Morgan fingerprint density at radius 1 is 1.29 bits per heavy atom. The minimum Gasteiger partial charge on any atom is -0.465 e. The average Bonchev–Trinajstić information content (AvgIpc) is 2.27. The Labute approximate surface area is 109 Å². The lowest BCUT2D eigenvalue weighted by Crippen LogP contribution is -2.34. The highest BCUT2D eigenvalue weighted by atomic mass is 35.5. The summed E-state index contributed by atoms with van der Waals surface area (Å²) in [6.45, 7) is 6.24. The Bertz CT molecular complexity index is 327. The third-order valence-electron chi connectivity index (χ3n) is 2.16. The van der Waals surface area contributed by atoms with Gasteiger partial charge in [-0.2, -0.15) is 0 Å². The lowest BCUT2D eigenvalue weighted by atomic mass is 10.1. The molecule has 0 aliphatic carbocycles. The first-order valence-corrected chi connectivity index (χ1v) is 5.62. The number of carbonyl (C=O) groups excluding carboxylic acids is 1. The van der Waals surface area contributed by atoms with Crippen LogP contribution in [-0.2, 0) is 9.53 Å². The molecule has 1 rings (SSSR count). The number of benzene rings is 1. The van der Waals surface area contributed by atoms with Crippen molar-refractivity contribution in [1.82, 2.24) is 5.32 Å². The van der Waals surface area contributed by atoms with Crippen molar-refractivity contribution in [3.05, 3.63) is 35.9 Å². The SMILES string of the molecule is CCOC(=O)C(NC(C)C)c1ccccc1.Cl. The van der Waals surface area contributed by atoms with E-state index < -0.39 is 0 Å². The van der Waals surface area contributed by atoms with Gasteiger partial charge in [-0.3, -0.25) is 5.32 Å². The van der Waals surface area contributed by atoms with Crippen molar-refractivity contribution < 1.29 is 9.53 Å². The van der Waals surface area contributed by atoms with Gasteiger partial charge in [-0.15, -0.1) is 12.4 Å². The molecule has 0 heterocycles. The fraction of sp³-hybridized carbons (Fsp3) is 0.462. The first-order chi connectivity index (χ1) is 7.65. The van der Waals surface area contributed by atoms with E-state index in [4.69, 9.17) is 4.74 Å². The quantitative estimate of drug-likeness (QED) is 0.825. The van der Waals surface area contributed by atoms with Gasteiger partial charge < -0.3 is 4.74 Å². The van der Waals surface area contributed by atoms with Crippen molar-refractivity contribution in [2.24, 2.45) is 0 Å². The normalized spacial score (nSPS) is 11.8. The van der Waals surface area contributed by atoms with Gasteiger partial charge in [0, 0.05) is 6.04 Å². The van der Waals surface area contributed by atoms with Crippen LogP contribution in [0.25, 0.3) is 0 Å². The fourth-order valence-corrected chi connectivity index (χ4v) is 1.50. The van der Waals surface area contributed by atoms with Crippen molar-refractivity contribution in [1.29, 1.82) is 0 Å². The van der Waals surface area contributed by atoms with E-state index in [9.17, 15) is 4.79 Å². The third-order valence-corrected chi connectivity index (χ3v) is 2.16. The molecule has 4 heteroatoms. The summed E-state index contributed by atoms with van der Waals surface area (Å²) in [6.07, 6.45) is 0. The number of nitrogens with one attached hydrogen (secondary N) is 1. The lowest BCUT2D eigenvalue weighted by Gasteiger charge is -2.19. The molecule has 0 amide bonds. The maximum Gasteiger partial charge on any atom is 0.327 e. The van der Waals surface area contributed by atoms with Gasteiger partial charge in [0.2, 0.25) is 0 Å². The molecule has 1 aromatic rings. The Balaban J connectivity index is 0.00000256. The van der Waals surface area contributed by atoms with Crippen LogP contribution in [0.5, 0.6) is 0 Å². The molecule has 1 N–H and O–H groups in total. The van der Waals surface area contributed by atoms with Crippen LogP contribution >= 0.6 is 12.4 Å². The van der Waals surface area contributed by atoms with Crippen LogP contribution in [0, 0.1) is 0 Å². The summed E-state index contributed by atoms with van der Waals surface area (Å²) >= 11 is 0. The molecule has 1 unspecified atom stereocenters. The second kappa shape index (κ2) is 8.09. The Morgan fingerprint density at radius 2 is 1.88 bits per heavy atom. The molecule has 0 radical (unpaired) electrons. The molecule has 0 fully saturated rings. The average molecular weight is 258 g/mol. The van der Waals surface area contributed by atoms with E-state index in [0.29, 0.717) is 6.61 Å². The number of carbonyl (C=O) groups is 1. The maximum absolute atomic E-state index is 11.8. The number of hydrogen-bond donors (Lipinski definition) is 1. The number of esters is 1. The summed E-state index contributed by atoms with van der Waals surface area (Å²) in [5.41, 5.74) is 0.939. The fourth-order valence-electron chi connectivity index (χ4n) is 1.50. The van der Waals surface area contributed by atoms with Gasteiger partial charge in [-0.25, -0.2) is 4.79 Å². The van der Waals surface area contributed by atoms with Crippen LogP contribution in [0.3, 0.4) is 0 Å². The Morgan fingerprint density at radius 3 is 2.35 bits per heavy atom. The van der Waals surface area contributed by atoms with Gasteiger partial charge in [-0.1, -0.05) is 30.3 Å². The summed E-state index contributed by atoms with van der Waals surface area (Å²) in [5.74, 6) is -0.220. The number of halogens is 1. The van der Waals surface area contributed by atoms with E-state index in [1.807, 2.05) is 51.1 Å². The van der Waals surface area contributed by atoms with Crippen LogP contribution in [0.4, 0.5) is 0 Å². The number of rotatable bonds is 5. The van der Waals surface area contributed by atoms with Crippen molar-refractivity contribution in [3.8, 4) is 0 Å². The third kappa shape index (κ3) is 5.20. The van der Waals surface area contributed by atoms with E-state index in [1.54, 1.807) is 0 Å². The van der Waals surface area contributed by atoms with E-state index in [1.165, 1.54) is 0 Å².